The number of hydrogen-bond acceptors (Lipinski definition) is 5. The highest BCUT2D eigenvalue weighted by Crippen LogP contribution is 2.31. The van der Waals surface area contributed by atoms with Crippen LogP contribution in [0.3, 0.4) is 0 Å². The Balaban J connectivity index is 2.66. The fourth-order valence-corrected chi connectivity index (χ4v) is 1.38. The van der Waals surface area contributed by atoms with Gasteiger partial charge in [0, 0.05) is 24.2 Å². The molecule has 16 heavy (non-hydrogen) atoms. The zero-order valence-electron chi connectivity index (χ0n) is 8.20. The van der Waals surface area contributed by atoms with Crippen LogP contribution in [0.1, 0.15) is 0 Å². The van der Waals surface area contributed by atoms with Gasteiger partial charge in [0.25, 0.3) is 0 Å². The summed E-state index contributed by atoms with van der Waals surface area (Å²) in [5, 5.41) is 10.9. The molecule has 0 amide bonds. The highest BCUT2D eigenvalue weighted by atomic mass is 16.6. The van der Waals surface area contributed by atoms with Crippen LogP contribution in [0.15, 0.2) is 36.8 Å². The van der Waals surface area contributed by atoms with E-state index < -0.39 is 4.92 Å². The van der Waals surface area contributed by atoms with Gasteiger partial charge in [-0.25, -0.2) is 4.98 Å². The third-order valence-electron chi connectivity index (χ3n) is 2.09. The lowest BCUT2D eigenvalue weighted by Gasteiger charge is -2.03. The van der Waals surface area contributed by atoms with E-state index in [1.54, 1.807) is 24.5 Å². The van der Waals surface area contributed by atoms with E-state index in [1.807, 2.05) is 0 Å². The number of nitro groups is 1. The van der Waals surface area contributed by atoms with Gasteiger partial charge in [0.1, 0.15) is 5.69 Å². The molecular weight excluding hydrogens is 208 g/mol. The van der Waals surface area contributed by atoms with E-state index in [1.165, 1.54) is 12.3 Å². The van der Waals surface area contributed by atoms with Crippen molar-refractivity contribution in [2.24, 2.45) is 0 Å². The summed E-state index contributed by atoms with van der Waals surface area (Å²) in [4.78, 5) is 18.2. The topological polar surface area (TPSA) is 94.9 Å². The first-order chi connectivity index (χ1) is 7.70. The van der Waals surface area contributed by atoms with E-state index >= 15 is 0 Å². The van der Waals surface area contributed by atoms with Gasteiger partial charge in [-0.2, -0.15) is 0 Å². The van der Waals surface area contributed by atoms with Crippen LogP contribution in [0.4, 0.5) is 11.4 Å². The fraction of sp³-hybridized carbons (Fsp3) is 0. The zero-order valence-corrected chi connectivity index (χ0v) is 8.20. The van der Waals surface area contributed by atoms with Crippen molar-refractivity contribution in [1.29, 1.82) is 0 Å². The average molecular weight is 216 g/mol. The summed E-state index contributed by atoms with van der Waals surface area (Å²) in [6.45, 7) is 0. The number of hydrogen-bond donors (Lipinski definition) is 1. The van der Waals surface area contributed by atoms with E-state index in [9.17, 15) is 10.1 Å². The first-order valence-electron chi connectivity index (χ1n) is 4.49. The lowest BCUT2D eigenvalue weighted by Crippen LogP contribution is -1.99. The first-order valence-corrected chi connectivity index (χ1v) is 4.49. The van der Waals surface area contributed by atoms with Crippen molar-refractivity contribution in [3.63, 3.8) is 0 Å². The molecule has 2 N–H and O–H groups in total. The SMILES string of the molecule is Nc1ccnc(-c2ccncc2)c1[N+](=O)[O-]. The number of rotatable bonds is 2. The van der Waals surface area contributed by atoms with Crippen LogP contribution in [-0.4, -0.2) is 14.9 Å². The lowest BCUT2D eigenvalue weighted by molar-refractivity contribution is -0.383. The van der Waals surface area contributed by atoms with Crippen molar-refractivity contribution in [2.45, 2.75) is 0 Å². The molecule has 0 spiro atoms. The Hall–Kier alpha value is -2.50. The van der Waals surface area contributed by atoms with Crippen molar-refractivity contribution < 1.29 is 4.92 Å². The maximum atomic E-state index is 10.9. The standard InChI is InChI=1S/C10H8N4O2/c11-8-3-6-13-9(10(8)14(15)16)7-1-4-12-5-2-7/h1-6H,(H2,11,13). The minimum absolute atomic E-state index is 0.104. The van der Waals surface area contributed by atoms with E-state index in [2.05, 4.69) is 9.97 Å². The van der Waals surface area contributed by atoms with Crippen LogP contribution >= 0.6 is 0 Å². The minimum atomic E-state index is -0.530. The molecule has 0 aliphatic rings. The molecule has 0 saturated heterocycles. The first kappa shape index (κ1) is 10.0. The average Bonchev–Trinajstić information content (AvgIpc) is 2.29. The number of pyridine rings is 2. The third kappa shape index (κ3) is 1.68. The second-order valence-electron chi connectivity index (χ2n) is 3.09. The Bertz CT molecular complexity index is 528. The van der Waals surface area contributed by atoms with Gasteiger partial charge in [-0.1, -0.05) is 0 Å². The molecule has 0 aliphatic heterocycles. The molecule has 6 nitrogen and oxygen atoms in total. The molecule has 6 heteroatoms. The quantitative estimate of drug-likeness (QED) is 0.608. The Kier molecular flexibility index (Phi) is 2.47. The van der Waals surface area contributed by atoms with Crippen molar-refractivity contribution in [3.05, 3.63) is 46.9 Å². The number of nitrogens with zero attached hydrogens (tertiary/aromatic N) is 3. The number of aromatic nitrogens is 2. The van der Waals surface area contributed by atoms with Crippen LogP contribution < -0.4 is 5.73 Å². The Morgan fingerprint density at radius 2 is 1.88 bits per heavy atom. The van der Waals surface area contributed by atoms with E-state index in [0.29, 0.717) is 5.56 Å². The van der Waals surface area contributed by atoms with Crippen LogP contribution in [0.25, 0.3) is 11.3 Å². The monoisotopic (exact) mass is 216 g/mol. The van der Waals surface area contributed by atoms with E-state index in [0.717, 1.165) is 0 Å². The molecule has 2 heterocycles. The van der Waals surface area contributed by atoms with Crippen molar-refractivity contribution >= 4 is 11.4 Å². The van der Waals surface area contributed by atoms with Gasteiger partial charge in [-0.15, -0.1) is 0 Å². The molecule has 0 fully saturated rings. The predicted molar refractivity (Wildman–Crippen MR) is 58.5 cm³/mol. The maximum absolute atomic E-state index is 10.9. The van der Waals surface area contributed by atoms with Crippen LogP contribution in [0.2, 0.25) is 0 Å². The van der Waals surface area contributed by atoms with Gasteiger partial charge in [0.15, 0.2) is 5.69 Å². The molecule has 0 aliphatic carbocycles. The highest BCUT2D eigenvalue weighted by molar-refractivity contribution is 5.77. The van der Waals surface area contributed by atoms with Crippen molar-refractivity contribution in [1.82, 2.24) is 9.97 Å². The lowest BCUT2D eigenvalue weighted by atomic mass is 10.1. The van der Waals surface area contributed by atoms with Crippen molar-refractivity contribution in [3.8, 4) is 11.3 Å². The predicted octanol–water partition coefficient (Wildman–Crippen LogP) is 1.63. The highest BCUT2D eigenvalue weighted by Gasteiger charge is 2.20. The van der Waals surface area contributed by atoms with Gasteiger partial charge >= 0.3 is 5.69 Å². The number of anilines is 1. The molecule has 0 bridgehead atoms. The zero-order chi connectivity index (χ0) is 11.5. The van der Waals surface area contributed by atoms with E-state index in [-0.39, 0.29) is 17.1 Å². The summed E-state index contributed by atoms with van der Waals surface area (Å²) in [5.41, 5.74) is 6.37. The molecule has 0 radical (unpaired) electrons. The van der Waals surface area contributed by atoms with Gasteiger partial charge in [0.05, 0.1) is 4.92 Å². The van der Waals surface area contributed by atoms with Crippen LogP contribution in [0.5, 0.6) is 0 Å². The molecule has 0 unspecified atom stereocenters. The summed E-state index contributed by atoms with van der Waals surface area (Å²) in [5.74, 6) is 0. The number of nitrogens with two attached hydrogens (primary N) is 1. The molecule has 0 atom stereocenters. The second kappa shape index (κ2) is 3.93. The molecule has 2 aromatic heterocycles. The second-order valence-corrected chi connectivity index (χ2v) is 3.09. The van der Waals surface area contributed by atoms with Gasteiger partial charge < -0.3 is 5.73 Å². The molecule has 2 rings (SSSR count). The van der Waals surface area contributed by atoms with Gasteiger partial charge in [0.2, 0.25) is 0 Å². The molecule has 80 valence electrons. The van der Waals surface area contributed by atoms with E-state index in [4.69, 9.17) is 5.73 Å². The Morgan fingerprint density at radius 1 is 1.19 bits per heavy atom. The Morgan fingerprint density at radius 3 is 2.50 bits per heavy atom. The summed E-state index contributed by atoms with van der Waals surface area (Å²) < 4.78 is 0. The van der Waals surface area contributed by atoms with Crippen molar-refractivity contribution in [2.75, 3.05) is 5.73 Å². The molecule has 0 aromatic carbocycles. The third-order valence-corrected chi connectivity index (χ3v) is 2.09. The normalized spacial score (nSPS) is 10.0. The summed E-state index contributed by atoms with van der Waals surface area (Å²) in [6.07, 6.45) is 4.53. The number of nitrogen functional groups attached to an aromatic ring is 1. The largest absolute Gasteiger partial charge is 0.393 e. The molecular formula is C10H8N4O2. The molecule has 2 aromatic rings. The maximum Gasteiger partial charge on any atom is 0.318 e. The van der Waals surface area contributed by atoms with Gasteiger partial charge in [-0.3, -0.25) is 15.1 Å². The molecule has 0 saturated carbocycles. The smallest absolute Gasteiger partial charge is 0.318 e. The summed E-state index contributed by atoms with van der Waals surface area (Å²) >= 11 is 0. The van der Waals surface area contributed by atoms with Crippen LogP contribution in [-0.2, 0) is 0 Å². The minimum Gasteiger partial charge on any atom is -0.393 e. The fourth-order valence-electron chi connectivity index (χ4n) is 1.38. The van der Waals surface area contributed by atoms with Crippen LogP contribution in [0, 0.1) is 10.1 Å². The van der Waals surface area contributed by atoms with Gasteiger partial charge in [-0.05, 0) is 18.2 Å². The Labute approximate surface area is 90.9 Å². The summed E-state index contributed by atoms with van der Waals surface area (Å²) in [6, 6.07) is 4.70. The summed E-state index contributed by atoms with van der Waals surface area (Å²) in [7, 11) is 0.